The van der Waals surface area contributed by atoms with Crippen LogP contribution in [0.5, 0.6) is 0 Å². The van der Waals surface area contributed by atoms with Crippen LogP contribution in [0.1, 0.15) is 20.8 Å². The molecular formula is C16H26N4O. The third kappa shape index (κ3) is 4.11. The van der Waals surface area contributed by atoms with Gasteiger partial charge in [-0.15, -0.1) is 0 Å². The Balaban J connectivity index is 1.88. The first-order valence-corrected chi connectivity index (χ1v) is 7.62. The van der Waals surface area contributed by atoms with Crippen molar-refractivity contribution in [2.45, 2.75) is 32.9 Å². The standard InChI is InChI=1S/C16H26N4O/c1-12(2)18-16(21)13(3)19-8-10-20(11-9-19)15-6-4-14(17)5-7-15/h4-7,12-13H,8-11,17H2,1-3H3,(H,18,21). The third-order valence-corrected chi connectivity index (χ3v) is 3.93. The van der Waals surface area contributed by atoms with Crippen LogP contribution in [0.4, 0.5) is 11.4 Å². The molecule has 1 amide bonds. The number of nitrogens with one attached hydrogen (secondary N) is 1. The molecule has 2 rings (SSSR count). The summed E-state index contributed by atoms with van der Waals surface area (Å²) in [7, 11) is 0. The average Bonchev–Trinajstić information content (AvgIpc) is 2.47. The fourth-order valence-corrected chi connectivity index (χ4v) is 2.62. The third-order valence-electron chi connectivity index (χ3n) is 3.93. The van der Waals surface area contributed by atoms with Crippen LogP contribution in [0.2, 0.25) is 0 Å². The topological polar surface area (TPSA) is 61.6 Å². The van der Waals surface area contributed by atoms with Crippen LogP contribution in [0.25, 0.3) is 0 Å². The second-order valence-electron chi connectivity index (χ2n) is 5.95. The molecule has 0 aromatic heterocycles. The highest BCUT2D eigenvalue weighted by Gasteiger charge is 2.25. The van der Waals surface area contributed by atoms with Gasteiger partial charge in [-0.05, 0) is 45.0 Å². The lowest BCUT2D eigenvalue weighted by Crippen LogP contribution is -2.54. The number of carbonyl (C=O) groups excluding carboxylic acids is 1. The molecule has 21 heavy (non-hydrogen) atoms. The summed E-state index contributed by atoms with van der Waals surface area (Å²) in [6.07, 6.45) is 0. The lowest BCUT2D eigenvalue weighted by atomic mass is 10.2. The molecule has 1 unspecified atom stereocenters. The number of nitrogens with two attached hydrogens (primary N) is 1. The number of carbonyl (C=O) groups is 1. The summed E-state index contributed by atoms with van der Waals surface area (Å²) in [6.45, 7) is 9.63. The molecule has 1 atom stereocenters. The fraction of sp³-hybridized carbons (Fsp3) is 0.562. The Labute approximate surface area is 127 Å². The van der Waals surface area contributed by atoms with Gasteiger partial charge in [0.15, 0.2) is 0 Å². The minimum Gasteiger partial charge on any atom is -0.399 e. The smallest absolute Gasteiger partial charge is 0.237 e. The van der Waals surface area contributed by atoms with Crippen LogP contribution in [0.15, 0.2) is 24.3 Å². The minimum absolute atomic E-state index is 0.0685. The van der Waals surface area contributed by atoms with Gasteiger partial charge >= 0.3 is 0 Å². The number of benzene rings is 1. The number of anilines is 2. The van der Waals surface area contributed by atoms with Gasteiger partial charge in [-0.3, -0.25) is 9.69 Å². The van der Waals surface area contributed by atoms with Crippen molar-refractivity contribution in [3.63, 3.8) is 0 Å². The van der Waals surface area contributed by atoms with E-state index in [1.54, 1.807) is 0 Å². The van der Waals surface area contributed by atoms with Crippen molar-refractivity contribution in [1.82, 2.24) is 10.2 Å². The van der Waals surface area contributed by atoms with Crippen molar-refractivity contribution in [1.29, 1.82) is 0 Å². The van der Waals surface area contributed by atoms with Crippen molar-refractivity contribution in [2.24, 2.45) is 0 Å². The molecule has 1 aromatic rings. The van der Waals surface area contributed by atoms with Crippen LogP contribution < -0.4 is 16.0 Å². The van der Waals surface area contributed by atoms with Crippen LogP contribution in [-0.4, -0.2) is 49.1 Å². The SMILES string of the molecule is CC(C)NC(=O)C(C)N1CCN(c2ccc(N)cc2)CC1. The molecule has 1 saturated heterocycles. The second kappa shape index (κ2) is 6.80. The van der Waals surface area contributed by atoms with Crippen molar-refractivity contribution in [2.75, 3.05) is 36.8 Å². The van der Waals surface area contributed by atoms with Gasteiger partial charge in [-0.1, -0.05) is 0 Å². The van der Waals surface area contributed by atoms with Crippen LogP contribution in [0, 0.1) is 0 Å². The van der Waals surface area contributed by atoms with Gasteiger partial charge in [0.05, 0.1) is 6.04 Å². The van der Waals surface area contributed by atoms with Gasteiger partial charge < -0.3 is 16.0 Å². The summed E-state index contributed by atoms with van der Waals surface area (Å²) in [5.41, 5.74) is 7.71. The molecule has 1 aromatic carbocycles. The summed E-state index contributed by atoms with van der Waals surface area (Å²) in [4.78, 5) is 16.6. The molecule has 0 aliphatic carbocycles. The van der Waals surface area contributed by atoms with Crippen molar-refractivity contribution in [3.8, 4) is 0 Å². The fourth-order valence-electron chi connectivity index (χ4n) is 2.62. The Kier molecular flexibility index (Phi) is 5.07. The first-order chi connectivity index (χ1) is 9.97. The van der Waals surface area contributed by atoms with Gasteiger partial charge in [-0.2, -0.15) is 0 Å². The zero-order valence-corrected chi connectivity index (χ0v) is 13.2. The number of nitrogen functional groups attached to an aromatic ring is 1. The highest BCUT2D eigenvalue weighted by molar-refractivity contribution is 5.81. The maximum Gasteiger partial charge on any atom is 0.237 e. The van der Waals surface area contributed by atoms with Gasteiger partial charge in [0.25, 0.3) is 0 Å². The monoisotopic (exact) mass is 290 g/mol. The van der Waals surface area contributed by atoms with Crippen molar-refractivity contribution in [3.05, 3.63) is 24.3 Å². The van der Waals surface area contributed by atoms with E-state index in [1.165, 1.54) is 5.69 Å². The van der Waals surface area contributed by atoms with Crippen LogP contribution in [0.3, 0.4) is 0 Å². The lowest BCUT2D eigenvalue weighted by Gasteiger charge is -2.38. The summed E-state index contributed by atoms with van der Waals surface area (Å²) in [5, 5.41) is 2.98. The molecule has 1 aliphatic rings. The predicted octanol–water partition coefficient (Wildman–Crippen LogP) is 1.30. The Hall–Kier alpha value is -1.75. The van der Waals surface area contributed by atoms with E-state index >= 15 is 0 Å². The van der Waals surface area contributed by atoms with E-state index < -0.39 is 0 Å². The maximum absolute atomic E-state index is 12.1. The number of piperazine rings is 1. The quantitative estimate of drug-likeness (QED) is 0.821. The average molecular weight is 290 g/mol. The second-order valence-corrected chi connectivity index (χ2v) is 5.95. The molecule has 0 spiro atoms. The summed E-state index contributed by atoms with van der Waals surface area (Å²) in [6, 6.07) is 8.10. The minimum atomic E-state index is -0.0685. The van der Waals surface area contributed by atoms with Gasteiger partial charge in [-0.25, -0.2) is 0 Å². The van der Waals surface area contributed by atoms with E-state index in [9.17, 15) is 4.79 Å². The molecule has 5 nitrogen and oxygen atoms in total. The summed E-state index contributed by atoms with van der Waals surface area (Å²) >= 11 is 0. The Morgan fingerprint density at radius 2 is 1.67 bits per heavy atom. The first-order valence-electron chi connectivity index (χ1n) is 7.62. The number of hydrogen-bond donors (Lipinski definition) is 2. The molecule has 0 radical (unpaired) electrons. The Bertz CT molecular complexity index is 464. The van der Waals surface area contributed by atoms with Crippen molar-refractivity contribution >= 4 is 17.3 Å². The molecule has 3 N–H and O–H groups in total. The molecule has 0 bridgehead atoms. The van der Waals surface area contributed by atoms with Crippen LogP contribution in [-0.2, 0) is 4.79 Å². The first kappa shape index (κ1) is 15.6. The largest absolute Gasteiger partial charge is 0.399 e. The number of amides is 1. The van der Waals surface area contributed by atoms with E-state index in [-0.39, 0.29) is 18.0 Å². The molecule has 1 heterocycles. The van der Waals surface area contributed by atoms with E-state index in [0.717, 1.165) is 31.9 Å². The van der Waals surface area contributed by atoms with E-state index in [4.69, 9.17) is 5.73 Å². The Morgan fingerprint density at radius 1 is 1.10 bits per heavy atom. The van der Waals surface area contributed by atoms with Gasteiger partial charge in [0.1, 0.15) is 0 Å². The zero-order chi connectivity index (χ0) is 15.4. The number of nitrogens with zero attached hydrogens (tertiary/aromatic N) is 2. The highest BCUT2D eigenvalue weighted by Crippen LogP contribution is 2.18. The zero-order valence-electron chi connectivity index (χ0n) is 13.2. The lowest BCUT2D eigenvalue weighted by molar-refractivity contribution is -0.126. The molecule has 1 fully saturated rings. The van der Waals surface area contributed by atoms with E-state index in [2.05, 4.69) is 27.2 Å². The predicted molar refractivity (Wildman–Crippen MR) is 87.4 cm³/mol. The maximum atomic E-state index is 12.1. The summed E-state index contributed by atoms with van der Waals surface area (Å²) < 4.78 is 0. The van der Waals surface area contributed by atoms with Gasteiger partial charge in [0.2, 0.25) is 5.91 Å². The van der Waals surface area contributed by atoms with E-state index in [1.807, 2.05) is 32.9 Å². The number of rotatable bonds is 4. The Morgan fingerprint density at radius 3 is 2.19 bits per heavy atom. The van der Waals surface area contributed by atoms with Gasteiger partial charge in [0, 0.05) is 43.6 Å². The molecule has 5 heteroatoms. The summed E-state index contributed by atoms with van der Waals surface area (Å²) in [5.74, 6) is 0.117. The number of hydrogen-bond acceptors (Lipinski definition) is 4. The van der Waals surface area contributed by atoms with E-state index in [0.29, 0.717) is 0 Å². The highest BCUT2D eigenvalue weighted by atomic mass is 16.2. The normalized spacial score (nSPS) is 17.8. The van der Waals surface area contributed by atoms with Crippen LogP contribution >= 0.6 is 0 Å². The molecule has 1 aliphatic heterocycles. The van der Waals surface area contributed by atoms with Crippen molar-refractivity contribution < 1.29 is 4.79 Å². The molecular weight excluding hydrogens is 264 g/mol. The molecule has 0 saturated carbocycles. The molecule has 116 valence electrons.